The van der Waals surface area contributed by atoms with E-state index in [0.717, 1.165) is 12.1 Å². The lowest BCUT2D eigenvalue weighted by Crippen LogP contribution is -2.62. The number of carbonyl (C=O) groups excluding carboxylic acids is 2. The second-order valence-electron chi connectivity index (χ2n) is 10.0. The lowest BCUT2D eigenvalue weighted by molar-refractivity contribution is -0.130. The summed E-state index contributed by atoms with van der Waals surface area (Å²) in [5.74, 6) is 0.669. The van der Waals surface area contributed by atoms with Gasteiger partial charge in [0.25, 0.3) is 5.91 Å². The van der Waals surface area contributed by atoms with E-state index in [0.29, 0.717) is 63.4 Å². The van der Waals surface area contributed by atoms with Crippen LogP contribution in [0.1, 0.15) is 35.4 Å². The van der Waals surface area contributed by atoms with Crippen LogP contribution in [0.4, 0.5) is 0 Å². The molecular weight excluding hydrogens is 512 g/mol. The number of rotatable bonds is 4. The van der Waals surface area contributed by atoms with Gasteiger partial charge in [-0.1, -0.05) is 12.1 Å². The second kappa shape index (κ2) is 11.4. The van der Waals surface area contributed by atoms with Crippen molar-refractivity contribution in [1.82, 2.24) is 29.8 Å². The van der Waals surface area contributed by atoms with Crippen LogP contribution in [0.3, 0.4) is 0 Å². The largest absolute Gasteiger partial charge is 0.493 e. The molecule has 1 aromatic heterocycles. The average molecular weight is 547 g/mol. The number of piperazine rings is 1. The Bertz CT molecular complexity index is 1240. The molecule has 5 rings (SSSR count). The van der Waals surface area contributed by atoms with E-state index in [-0.39, 0.29) is 24.5 Å². The number of ether oxygens (including phenoxy) is 2. The summed E-state index contributed by atoms with van der Waals surface area (Å²) in [6.07, 6.45) is 5.65. The van der Waals surface area contributed by atoms with Gasteiger partial charge in [-0.2, -0.15) is 0 Å². The van der Waals surface area contributed by atoms with Crippen LogP contribution in [0, 0.1) is 0 Å². The summed E-state index contributed by atoms with van der Waals surface area (Å²) in [6, 6.07) is 5.86. The van der Waals surface area contributed by atoms with E-state index in [4.69, 9.17) is 9.47 Å². The molecule has 4 atom stereocenters. The van der Waals surface area contributed by atoms with Crippen molar-refractivity contribution in [2.24, 2.45) is 0 Å². The number of amides is 2. The van der Waals surface area contributed by atoms with Gasteiger partial charge in [0.1, 0.15) is 17.6 Å². The van der Waals surface area contributed by atoms with Crippen molar-refractivity contribution in [2.45, 2.75) is 50.1 Å². The molecule has 38 heavy (non-hydrogen) atoms. The highest BCUT2D eigenvalue weighted by Crippen LogP contribution is 2.26. The molecule has 0 aliphatic carbocycles. The molecule has 3 N–H and O–H groups in total. The van der Waals surface area contributed by atoms with Crippen molar-refractivity contribution in [2.75, 3.05) is 39.0 Å². The van der Waals surface area contributed by atoms with Crippen molar-refractivity contribution >= 4 is 21.8 Å². The van der Waals surface area contributed by atoms with Crippen molar-refractivity contribution < 1.29 is 27.5 Å². The number of carbonyl (C=O) groups is 2. The smallest absolute Gasteiger partial charge is 0.258 e. The van der Waals surface area contributed by atoms with Gasteiger partial charge in [0.2, 0.25) is 15.9 Å². The Hall–Kier alpha value is -3.00. The maximum absolute atomic E-state index is 13.7. The zero-order valence-corrected chi connectivity index (χ0v) is 22.2. The highest BCUT2D eigenvalue weighted by atomic mass is 32.2. The number of fused-ring (bicyclic) bond motifs is 4. The van der Waals surface area contributed by atoms with Crippen molar-refractivity contribution in [3.05, 3.63) is 48.0 Å². The highest BCUT2D eigenvalue weighted by molar-refractivity contribution is 7.88. The lowest BCUT2D eigenvalue weighted by atomic mass is 9.97. The van der Waals surface area contributed by atoms with Crippen LogP contribution in [0.2, 0.25) is 0 Å². The maximum Gasteiger partial charge on any atom is 0.258 e. The molecule has 1 aromatic carbocycles. The number of hydrogen-bond donors (Lipinski definition) is 3. The highest BCUT2D eigenvalue weighted by Gasteiger charge is 2.39. The van der Waals surface area contributed by atoms with Gasteiger partial charge in [-0.15, -0.1) is 0 Å². The van der Waals surface area contributed by atoms with Gasteiger partial charge < -0.3 is 24.7 Å². The fourth-order valence-electron chi connectivity index (χ4n) is 5.36. The number of nitrogens with zero attached hydrogens (tertiary/aromatic N) is 3. The number of nitrogens with one attached hydrogen (secondary N) is 3. The molecule has 13 heteroatoms. The molecule has 0 radical (unpaired) electrons. The molecule has 2 bridgehead atoms. The third-order valence-corrected chi connectivity index (χ3v) is 7.96. The zero-order chi connectivity index (χ0) is 26.7. The fourth-order valence-corrected chi connectivity index (χ4v) is 6.18. The number of benzene rings is 1. The Balaban J connectivity index is 1.42. The predicted molar refractivity (Wildman–Crippen MR) is 138 cm³/mol. The molecule has 2 amide bonds. The first-order valence-electron chi connectivity index (χ1n) is 12.9. The normalized spacial score (nSPS) is 27.4. The summed E-state index contributed by atoms with van der Waals surface area (Å²) in [5.41, 5.74) is 0.418. The minimum atomic E-state index is -3.46. The van der Waals surface area contributed by atoms with Crippen molar-refractivity contribution in [1.29, 1.82) is 0 Å². The molecule has 4 heterocycles. The Labute approximate surface area is 222 Å². The van der Waals surface area contributed by atoms with Gasteiger partial charge in [-0.3, -0.25) is 14.5 Å². The van der Waals surface area contributed by atoms with Crippen molar-refractivity contribution in [3.63, 3.8) is 0 Å². The maximum atomic E-state index is 13.7. The summed E-state index contributed by atoms with van der Waals surface area (Å²) < 4.78 is 38.9. The molecule has 0 spiro atoms. The number of hydrogen-bond acceptors (Lipinski definition) is 8. The molecule has 206 valence electrons. The standard InChI is InChI=1S/C25H34N6O6S/c1-38(34,35)29-19-7-6-17-8-13-36-21-5-3-2-4-18(21)25(33)31-12-11-30(16-23-26-9-10-27-23)15-20(31)24(32)28-14-22(19)37-17/h2-5,9-10,17,19-20,22,29H,6-8,11-16H2,1H3,(H,26,27)(H,28,32)/t17-,19+,20-,22+/m0/s1. The van der Waals surface area contributed by atoms with Crippen LogP contribution in [-0.4, -0.2) is 103 Å². The SMILES string of the molecule is CS(=O)(=O)N[C@@H]1CC[C@H]2CCOc3ccccc3C(=O)N3CCN(Cc4ncc[nH]4)C[C@H]3C(=O)NC[C@H]1O2. The molecule has 0 unspecified atom stereocenters. The third kappa shape index (κ3) is 6.34. The fraction of sp³-hybridized carbons (Fsp3) is 0.560. The van der Waals surface area contributed by atoms with Crippen LogP contribution in [0.5, 0.6) is 5.75 Å². The first kappa shape index (κ1) is 26.6. The van der Waals surface area contributed by atoms with Crippen LogP contribution in [0.25, 0.3) is 0 Å². The minimum Gasteiger partial charge on any atom is -0.493 e. The van der Waals surface area contributed by atoms with E-state index in [1.54, 1.807) is 35.5 Å². The number of imidazole rings is 1. The molecule has 3 aliphatic heterocycles. The first-order valence-corrected chi connectivity index (χ1v) is 14.8. The van der Waals surface area contributed by atoms with Crippen LogP contribution in [0.15, 0.2) is 36.7 Å². The van der Waals surface area contributed by atoms with Gasteiger partial charge in [0.15, 0.2) is 0 Å². The Kier molecular flexibility index (Phi) is 7.98. The van der Waals surface area contributed by atoms with E-state index in [9.17, 15) is 18.0 Å². The number of aromatic nitrogens is 2. The Morgan fingerprint density at radius 1 is 1.16 bits per heavy atom. The first-order chi connectivity index (χ1) is 18.3. The van der Waals surface area contributed by atoms with Crippen LogP contribution >= 0.6 is 0 Å². The van der Waals surface area contributed by atoms with Crippen LogP contribution in [-0.2, 0) is 26.1 Å². The van der Waals surface area contributed by atoms with E-state index >= 15 is 0 Å². The van der Waals surface area contributed by atoms with E-state index in [2.05, 4.69) is 24.9 Å². The van der Waals surface area contributed by atoms with E-state index in [1.165, 1.54) is 0 Å². The van der Waals surface area contributed by atoms with Crippen LogP contribution < -0.4 is 14.8 Å². The van der Waals surface area contributed by atoms with Crippen molar-refractivity contribution in [3.8, 4) is 5.75 Å². The quantitative estimate of drug-likeness (QED) is 0.490. The lowest BCUT2D eigenvalue weighted by Gasteiger charge is -2.41. The minimum absolute atomic E-state index is 0.122. The van der Waals surface area contributed by atoms with E-state index in [1.807, 2.05) is 6.07 Å². The van der Waals surface area contributed by atoms with Gasteiger partial charge in [0.05, 0.1) is 37.2 Å². The number of H-pyrrole nitrogens is 1. The van der Waals surface area contributed by atoms with Gasteiger partial charge >= 0.3 is 0 Å². The predicted octanol–water partition coefficient (Wildman–Crippen LogP) is 0.100. The molecule has 12 nitrogen and oxygen atoms in total. The number of sulfonamides is 1. The zero-order valence-electron chi connectivity index (χ0n) is 21.3. The third-order valence-electron chi connectivity index (χ3n) is 7.23. The molecule has 2 saturated heterocycles. The Morgan fingerprint density at radius 2 is 2.00 bits per heavy atom. The molecular formula is C25H34N6O6S. The van der Waals surface area contributed by atoms with Gasteiger partial charge in [-0.05, 0) is 25.0 Å². The summed E-state index contributed by atoms with van der Waals surface area (Å²) in [7, 11) is -3.46. The summed E-state index contributed by atoms with van der Waals surface area (Å²) in [5, 5.41) is 2.96. The van der Waals surface area contributed by atoms with Gasteiger partial charge in [0, 0.05) is 51.0 Å². The Morgan fingerprint density at radius 3 is 2.79 bits per heavy atom. The molecule has 3 aliphatic rings. The number of para-hydroxylation sites is 1. The average Bonchev–Trinajstić information content (AvgIpc) is 3.40. The summed E-state index contributed by atoms with van der Waals surface area (Å²) in [4.78, 5) is 38.4. The molecule has 2 aromatic rings. The topological polar surface area (TPSA) is 146 Å². The number of aromatic amines is 1. The summed E-state index contributed by atoms with van der Waals surface area (Å²) in [6.45, 7) is 2.24. The summed E-state index contributed by atoms with van der Waals surface area (Å²) >= 11 is 0. The second-order valence-corrected chi connectivity index (χ2v) is 11.8. The molecule has 2 fully saturated rings. The monoisotopic (exact) mass is 546 g/mol. The van der Waals surface area contributed by atoms with E-state index < -0.39 is 28.2 Å². The molecule has 0 saturated carbocycles. The van der Waals surface area contributed by atoms with Gasteiger partial charge in [-0.25, -0.2) is 18.1 Å².